The Balaban J connectivity index is 2.19. The van der Waals surface area contributed by atoms with Crippen LogP contribution >= 0.6 is 22.7 Å². The Morgan fingerprint density at radius 2 is 2.16 bits per heavy atom. The van der Waals surface area contributed by atoms with E-state index in [0.29, 0.717) is 10.8 Å². The summed E-state index contributed by atoms with van der Waals surface area (Å²) in [5.74, 6) is 0. The number of rotatable bonds is 5. The molecule has 0 unspecified atom stereocenters. The van der Waals surface area contributed by atoms with Gasteiger partial charge in [0.25, 0.3) is 10.0 Å². The molecule has 0 aliphatic rings. The second kappa shape index (κ2) is 5.68. The van der Waals surface area contributed by atoms with Crippen molar-refractivity contribution in [1.82, 2.24) is 9.29 Å². The average Bonchev–Trinajstić information content (AvgIpc) is 2.98. The SMILES string of the molecule is Cc1nc(CN(C)S(=O)(=O)c2ccc(CN)s2)cs1. The molecule has 19 heavy (non-hydrogen) atoms. The van der Waals surface area contributed by atoms with Crippen molar-refractivity contribution in [1.29, 1.82) is 0 Å². The Morgan fingerprint density at radius 3 is 2.68 bits per heavy atom. The molecule has 2 heterocycles. The maximum Gasteiger partial charge on any atom is 0.252 e. The summed E-state index contributed by atoms with van der Waals surface area (Å²) in [6.07, 6.45) is 0. The molecule has 0 amide bonds. The van der Waals surface area contributed by atoms with E-state index < -0.39 is 10.0 Å². The van der Waals surface area contributed by atoms with Gasteiger partial charge in [0, 0.05) is 23.8 Å². The van der Waals surface area contributed by atoms with Gasteiger partial charge < -0.3 is 5.73 Å². The molecule has 8 heteroatoms. The van der Waals surface area contributed by atoms with Crippen LogP contribution in [0.3, 0.4) is 0 Å². The highest BCUT2D eigenvalue weighted by Crippen LogP contribution is 2.25. The van der Waals surface area contributed by atoms with Crippen LogP contribution in [0.25, 0.3) is 0 Å². The van der Waals surface area contributed by atoms with E-state index >= 15 is 0 Å². The minimum atomic E-state index is -3.46. The zero-order valence-electron chi connectivity index (χ0n) is 10.7. The molecule has 0 aromatic carbocycles. The lowest BCUT2D eigenvalue weighted by Crippen LogP contribution is -2.25. The maximum absolute atomic E-state index is 12.3. The summed E-state index contributed by atoms with van der Waals surface area (Å²) in [6, 6.07) is 3.35. The summed E-state index contributed by atoms with van der Waals surface area (Å²) in [4.78, 5) is 5.13. The molecule has 0 bridgehead atoms. The van der Waals surface area contributed by atoms with Gasteiger partial charge >= 0.3 is 0 Å². The second-order valence-corrected chi connectivity index (χ2v) is 8.55. The van der Waals surface area contributed by atoms with Crippen molar-refractivity contribution in [3.63, 3.8) is 0 Å². The van der Waals surface area contributed by atoms with Crippen LogP contribution in [0, 0.1) is 6.92 Å². The van der Waals surface area contributed by atoms with E-state index in [1.54, 1.807) is 19.2 Å². The number of hydrogen-bond acceptors (Lipinski definition) is 6. The molecule has 0 aliphatic heterocycles. The van der Waals surface area contributed by atoms with Crippen LogP contribution < -0.4 is 5.73 Å². The van der Waals surface area contributed by atoms with Gasteiger partial charge in [-0.25, -0.2) is 13.4 Å². The van der Waals surface area contributed by atoms with Crippen molar-refractivity contribution < 1.29 is 8.42 Å². The largest absolute Gasteiger partial charge is 0.326 e. The quantitative estimate of drug-likeness (QED) is 0.912. The summed E-state index contributed by atoms with van der Waals surface area (Å²) in [5.41, 5.74) is 6.27. The fourth-order valence-corrected chi connectivity index (χ4v) is 4.75. The van der Waals surface area contributed by atoms with Gasteiger partial charge in [-0.2, -0.15) is 4.31 Å². The minimum Gasteiger partial charge on any atom is -0.326 e. The summed E-state index contributed by atoms with van der Waals surface area (Å²) in [7, 11) is -1.89. The van der Waals surface area contributed by atoms with E-state index in [9.17, 15) is 8.42 Å². The molecule has 0 spiro atoms. The molecule has 2 N–H and O–H groups in total. The maximum atomic E-state index is 12.3. The lowest BCUT2D eigenvalue weighted by molar-refractivity contribution is 0.464. The van der Waals surface area contributed by atoms with Crippen LogP contribution in [0.5, 0.6) is 0 Å². The van der Waals surface area contributed by atoms with Gasteiger partial charge in [0.05, 0.1) is 17.2 Å². The first kappa shape index (κ1) is 14.6. The number of aryl methyl sites for hydroxylation is 1. The van der Waals surface area contributed by atoms with Crippen LogP contribution in [-0.2, 0) is 23.1 Å². The fraction of sp³-hybridized carbons (Fsp3) is 0.364. The molecule has 2 aromatic heterocycles. The van der Waals surface area contributed by atoms with Gasteiger partial charge in [-0.15, -0.1) is 22.7 Å². The zero-order chi connectivity index (χ0) is 14.0. The third kappa shape index (κ3) is 3.21. The van der Waals surface area contributed by atoms with Crippen LogP contribution in [-0.4, -0.2) is 24.8 Å². The van der Waals surface area contributed by atoms with Crippen molar-refractivity contribution in [3.8, 4) is 0 Å². The number of sulfonamides is 1. The van der Waals surface area contributed by atoms with E-state index in [4.69, 9.17) is 5.73 Å². The minimum absolute atomic E-state index is 0.280. The van der Waals surface area contributed by atoms with Gasteiger partial charge in [-0.3, -0.25) is 0 Å². The molecule has 5 nitrogen and oxygen atoms in total. The Morgan fingerprint density at radius 1 is 1.42 bits per heavy atom. The number of nitrogens with zero attached hydrogens (tertiary/aromatic N) is 2. The number of hydrogen-bond donors (Lipinski definition) is 1. The molecule has 0 saturated heterocycles. The van der Waals surface area contributed by atoms with Crippen molar-refractivity contribution in [2.75, 3.05) is 7.05 Å². The zero-order valence-corrected chi connectivity index (χ0v) is 13.1. The molecule has 104 valence electrons. The van der Waals surface area contributed by atoms with Gasteiger partial charge in [0.2, 0.25) is 0 Å². The van der Waals surface area contributed by atoms with E-state index in [2.05, 4.69) is 4.98 Å². The third-order valence-corrected chi connectivity index (χ3v) is 6.75. The van der Waals surface area contributed by atoms with Crippen molar-refractivity contribution in [2.24, 2.45) is 5.73 Å². The van der Waals surface area contributed by atoms with Crippen LogP contribution in [0.1, 0.15) is 15.6 Å². The fourth-order valence-electron chi connectivity index (χ4n) is 1.55. The molecule has 0 aliphatic carbocycles. The first-order valence-corrected chi connectivity index (χ1v) is 8.73. The van der Waals surface area contributed by atoms with Crippen LogP contribution in [0.2, 0.25) is 0 Å². The topological polar surface area (TPSA) is 76.3 Å². The lowest BCUT2D eigenvalue weighted by Gasteiger charge is -2.14. The van der Waals surface area contributed by atoms with E-state index in [0.717, 1.165) is 15.6 Å². The van der Waals surface area contributed by atoms with Crippen molar-refractivity contribution in [2.45, 2.75) is 24.2 Å². The standard InChI is InChI=1S/C11H15N3O2S3/c1-8-13-9(7-17-8)6-14(2)19(15,16)11-4-3-10(5-12)18-11/h3-4,7H,5-6,12H2,1-2H3. The Labute approximate surface area is 120 Å². The highest BCUT2D eigenvalue weighted by atomic mass is 32.2. The lowest BCUT2D eigenvalue weighted by atomic mass is 10.5. The Bertz CT molecular complexity index is 660. The molecule has 0 atom stereocenters. The Hall–Kier alpha value is -0.800. The average molecular weight is 317 g/mol. The first-order chi connectivity index (χ1) is 8.93. The molecular formula is C11H15N3O2S3. The van der Waals surface area contributed by atoms with Crippen molar-refractivity contribution in [3.05, 3.63) is 33.1 Å². The summed E-state index contributed by atoms with van der Waals surface area (Å²) < 4.78 is 26.3. The molecule has 0 saturated carbocycles. The molecule has 0 radical (unpaired) electrons. The van der Waals surface area contributed by atoms with Gasteiger partial charge in [-0.1, -0.05) is 0 Å². The second-order valence-electron chi connectivity index (χ2n) is 4.04. The van der Waals surface area contributed by atoms with Crippen LogP contribution in [0.4, 0.5) is 0 Å². The van der Waals surface area contributed by atoms with E-state index in [1.807, 2.05) is 12.3 Å². The van der Waals surface area contributed by atoms with E-state index in [-0.39, 0.29) is 6.54 Å². The number of thiazole rings is 1. The smallest absolute Gasteiger partial charge is 0.252 e. The third-order valence-electron chi connectivity index (χ3n) is 2.55. The first-order valence-electron chi connectivity index (χ1n) is 5.59. The highest BCUT2D eigenvalue weighted by molar-refractivity contribution is 7.91. The predicted molar refractivity (Wildman–Crippen MR) is 77.7 cm³/mol. The normalized spacial score (nSPS) is 12.2. The summed E-state index contributed by atoms with van der Waals surface area (Å²) in [5, 5.41) is 2.81. The van der Waals surface area contributed by atoms with Gasteiger partial charge in [0.15, 0.2) is 0 Å². The summed E-state index contributed by atoms with van der Waals surface area (Å²) >= 11 is 2.73. The Kier molecular flexibility index (Phi) is 4.36. The molecule has 2 rings (SSSR count). The highest BCUT2D eigenvalue weighted by Gasteiger charge is 2.23. The number of nitrogens with two attached hydrogens (primary N) is 1. The van der Waals surface area contributed by atoms with Gasteiger partial charge in [0.1, 0.15) is 4.21 Å². The van der Waals surface area contributed by atoms with Crippen LogP contribution in [0.15, 0.2) is 21.7 Å². The monoisotopic (exact) mass is 317 g/mol. The molecular weight excluding hydrogens is 302 g/mol. The number of thiophene rings is 1. The molecule has 0 fully saturated rings. The number of aromatic nitrogens is 1. The van der Waals surface area contributed by atoms with E-state index in [1.165, 1.54) is 27.0 Å². The molecule has 2 aromatic rings. The summed E-state index contributed by atoms with van der Waals surface area (Å²) in [6.45, 7) is 2.53. The predicted octanol–water partition coefficient (Wildman–Crippen LogP) is 1.79. The van der Waals surface area contributed by atoms with Gasteiger partial charge in [-0.05, 0) is 19.1 Å². The van der Waals surface area contributed by atoms with Crippen molar-refractivity contribution >= 4 is 32.7 Å².